The summed E-state index contributed by atoms with van der Waals surface area (Å²) in [5, 5.41) is 19.2. The summed E-state index contributed by atoms with van der Waals surface area (Å²) >= 11 is 1.51. The van der Waals surface area contributed by atoms with Crippen LogP contribution in [0.5, 0.6) is 0 Å². The maximum absolute atomic E-state index is 11.5. The van der Waals surface area contributed by atoms with E-state index in [-0.39, 0.29) is 12.2 Å². The van der Waals surface area contributed by atoms with Gasteiger partial charge in [0.15, 0.2) is 0 Å². The third-order valence-electron chi connectivity index (χ3n) is 5.01. The fraction of sp³-hybridized carbons (Fsp3) is 0.208. The lowest BCUT2D eigenvalue weighted by Gasteiger charge is -2.27. The average molecular weight is 423 g/mol. The topological polar surface area (TPSA) is 72.8 Å². The summed E-state index contributed by atoms with van der Waals surface area (Å²) in [7, 11) is 1.87. The number of nitrogens with zero attached hydrogens (tertiary/aromatic N) is 1. The number of carbonyl (C=O) groups is 1. The van der Waals surface area contributed by atoms with Crippen molar-refractivity contribution in [2.45, 2.75) is 25.3 Å². The summed E-state index contributed by atoms with van der Waals surface area (Å²) in [4.78, 5) is 14.8. The molecule has 0 saturated carbocycles. The predicted octanol–water partition coefficient (Wildman–Crippen LogP) is 5.24. The molecule has 6 heteroatoms. The highest BCUT2D eigenvalue weighted by molar-refractivity contribution is 7.97. The molecule has 0 saturated heterocycles. The molecule has 5 nitrogen and oxygen atoms in total. The molecule has 0 aliphatic heterocycles. The first-order valence-electron chi connectivity index (χ1n) is 9.78. The van der Waals surface area contributed by atoms with Gasteiger partial charge < -0.3 is 15.1 Å². The lowest BCUT2D eigenvalue weighted by molar-refractivity contribution is 0.0697. The summed E-state index contributed by atoms with van der Waals surface area (Å²) in [6.45, 7) is 4.77. The summed E-state index contributed by atoms with van der Waals surface area (Å²) in [6, 6.07) is 19.3. The number of carboxylic acid groups (broad SMARTS) is 1. The molecule has 3 rings (SSSR count). The molecule has 0 atom stereocenters. The van der Waals surface area contributed by atoms with Gasteiger partial charge in [-0.05, 0) is 91.5 Å². The second-order valence-electron chi connectivity index (χ2n) is 6.86. The molecule has 0 heterocycles. The Morgan fingerprint density at radius 3 is 2.40 bits per heavy atom. The van der Waals surface area contributed by atoms with Gasteiger partial charge in [0, 0.05) is 17.1 Å². The third kappa shape index (κ3) is 4.51. The van der Waals surface area contributed by atoms with E-state index in [4.69, 9.17) is 0 Å². The number of hydrogen-bond donors (Lipinski definition) is 3. The van der Waals surface area contributed by atoms with Gasteiger partial charge in [-0.25, -0.2) is 4.79 Å². The lowest BCUT2D eigenvalue weighted by Crippen LogP contribution is -2.17. The van der Waals surface area contributed by atoms with Gasteiger partial charge in [0.05, 0.1) is 17.9 Å². The van der Waals surface area contributed by atoms with Crippen molar-refractivity contribution >= 4 is 29.3 Å². The fourth-order valence-electron chi connectivity index (χ4n) is 3.56. The van der Waals surface area contributed by atoms with E-state index in [9.17, 15) is 15.0 Å². The summed E-state index contributed by atoms with van der Waals surface area (Å²) < 4.78 is 3.16. The number of nitrogens with one attached hydrogen (secondary N) is 1. The number of anilines is 2. The standard InChI is InChI=1S/C24H26N2O3S/c1-4-26(19-8-6-5-7-9-19)22-12-16(2)20(14-23(22)30-25-3)21-13-17(24(28)29)10-11-18(21)15-27/h5-14,25,27H,4,15H2,1-3H3,(H,28,29). The van der Waals surface area contributed by atoms with Crippen LogP contribution in [0.25, 0.3) is 11.1 Å². The van der Waals surface area contributed by atoms with Crippen LogP contribution >= 0.6 is 11.9 Å². The van der Waals surface area contributed by atoms with Gasteiger partial charge in [-0.15, -0.1) is 0 Å². The van der Waals surface area contributed by atoms with Crippen LogP contribution in [0.3, 0.4) is 0 Å². The van der Waals surface area contributed by atoms with E-state index in [1.165, 1.54) is 18.0 Å². The van der Waals surface area contributed by atoms with Crippen molar-refractivity contribution in [2.75, 3.05) is 18.5 Å². The highest BCUT2D eigenvalue weighted by Gasteiger charge is 2.18. The molecular weight excluding hydrogens is 396 g/mol. The SMILES string of the molecule is CCN(c1ccccc1)c1cc(C)c(-c2cc(C(=O)O)ccc2CO)cc1SNC. The van der Waals surface area contributed by atoms with Crippen LogP contribution in [0.2, 0.25) is 0 Å². The number of benzene rings is 3. The van der Waals surface area contributed by atoms with Crippen LogP contribution in [0.4, 0.5) is 11.4 Å². The maximum atomic E-state index is 11.5. The Balaban J connectivity index is 2.19. The molecular formula is C24H26N2O3S. The van der Waals surface area contributed by atoms with Crippen LogP contribution < -0.4 is 9.62 Å². The molecule has 0 amide bonds. The normalized spacial score (nSPS) is 10.8. The Hall–Kier alpha value is -2.80. The zero-order valence-corrected chi connectivity index (χ0v) is 18.2. The first kappa shape index (κ1) is 21.9. The van der Waals surface area contributed by atoms with Gasteiger partial charge in [0.25, 0.3) is 0 Å². The Morgan fingerprint density at radius 2 is 1.80 bits per heavy atom. The van der Waals surface area contributed by atoms with E-state index < -0.39 is 5.97 Å². The van der Waals surface area contributed by atoms with E-state index >= 15 is 0 Å². The Labute approximate surface area is 181 Å². The highest BCUT2D eigenvalue weighted by atomic mass is 32.2. The number of hydrogen-bond acceptors (Lipinski definition) is 5. The van der Waals surface area contributed by atoms with Gasteiger partial charge in [0.2, 0.25) is 0 Å². The molecule has 0 unspecified atom stereocenters. The van der Waals surface area contributed by atoms with Crippen molar-refractivity contribution in [1.29, 1.82) is 0 Å². The van der Waals surface area contributed by atoms with Crippen molar-refractivity contribution in [3.05, 3.63) is 77.4 Å². The van der Waals surface area contributed by atoms with E-state index in [0.717, 1.165) is 39.5 Å². The Bertz CT molecular complexity index is 1040. The minimum absolute atomic E-state index is 0.157. The fourth-order valence-corrected chi connectivity index (χ4v) is 4.23. The van der Waals surface area contributed by atoms with Gasteiger partial charge in [-0.2, -0.15) is 0 Å². The minimum atomic E-state index is -0.985. The molecule has 0 fully saturated rings. The van der Waals surface area contributed by atoms with Crippen LogP contribution in [-0.2, 0) is 6.61 Å². The van der Waals surface area contributed by atoms with E-state index in [0.29, 0.717) is 5.56 Å². The first-order chi connectivity index (χ1) is 14.5. The van der Waals surface area contributed by atoms with Crippen molar-refractivity contribution in [3.63, 3.8) is 0 Å². The minimum Gasteiger partial charge on any atom is -0.478 e. The summed E-state index contributed by atoms with van der Waals surface area (Å²) in [5.41, 5.74) is 5.74. The van der Waals surface area contributed by atoms with Gasteiger partial charge in [-0.1, -0.05) is 24.3 Å². The molecule has 3 aromatic rings. The maximum Gasteiger partial charge on any atom is 0.335 e. The van der Waals surface area contributed by atoms with Gasteiger partial charge in [-0.3, -0.25) is 4.72 Å². The lowest BCUT2D eigenvalue weighted by atomic mass is 9.93. The monoisotopic (exact) mass is 422 g/mol. The van der Waals surface area contributed by atoms with E-state index in [1.807, 2.05) is 32.2 Å². The van der Waals surface area contributed by atoms with Crippen molar-refractivity contribution in [2.24, 2.45) is 0 Å². The number of carboxylic acids is 1. The number of aliphatic hydroxyl groups excluding tert-OH is 1. The third-order valence-corrected chi connectivity index (χ3v) is 5.76. The van der Waals surface area contributed by atoms with E-state index in [2.05, 4.69) is 40.8 Å². The predicted molar refractivity (Wildman–Crippen MR) is 124 cm³/mol. The van der Waals surface area contributed by atoms with Crippen molar-refractivity contribution in [1.82, 2.24) is 4.72 Å². The van der Waals surface area contributed by atoms with Crippen LogP contribution in [0.1, 0.15) is 28.4 Å². The number of aromatic carboxylic acids is 1. The molecule has 30 heavy (non-hydrogen) atoms. The average Bonchev–Trinajstić information content (AvgIpc) is 2.76. The largest absolute Gasteiger partial charge is 0.478 e. The summed E-state index contributed by atoms with van der Waals surface area (Å²) in [6.07, 6.45) is 0. The molecule has 0 aliphatic carbocycles. The second-order valence-corrected chi connectivity index (χ2v) is 7.91. The van der Waals surface area contributed by atoms with Crippen molar-refractivity contribution < 1.29 is 15.0 Å². The molecule has 0 aliphatic rings. The number of aryl methyl sites for hydroxylation is 1. The smallest absolute Gasteiger partial charge is 0.335 e. The zero-order valence-electron chi connectivity index (χ0n) is 17.3. The summed E-state index contributed by atoms with van der Waals surface area (Å²) in [5.74, 6) is -0.985. The molecule has 3 N–H and O–H groups in total. The van der Waals surface area contributed by atoms with Gasteiger partial charge in [0.1, 0.15) is 0 Å². The molecule has 156 valence electrons. The number of aliphatic hydroxyl groups is 1. The second kappa shape index (κ2) is 9.80. The zero-order chi connectivity index (χ0) is 21.7. The molecule has 3 aromatic carbocycles. The molecule has 0 aromatic heterocycles. The number of rotatable bonds is 8. The number of para-hydroxylation sites is 1. The molecule has 0 bridgehead atoms. The van der Waals surface area contributed by atoms with Crippen LogP contribution in [0.15, 0.2) is 65.6 Å². The van der Waals surface area contributed by atoms with Crippen LogP contribution in [0, 0.1) is 6.92 Å². The molecule has 0 spiro atoms. The first-order valence-corrected chi connectivity index (χ1v) is 10.6. The highest BCUT2D eigenvalue weighted by Crippen LogP contribution is 2.39. The van der Waals surface area contributed by atoms with Gasteiger partial charge >= 0.3 is 5.97 Å². The van der Waals surface area contributed by atoms with Crippen LogP contribution in [-0.4, -0.2) is 29.8 Å². The Kier molecular flexibility index (Phi) is 7.15. The molecule has 0 radical (unpaired) electrons. The Morgan fingerprint density at radius 1 is 1.07 bits per heavy atom. The quantitative estimate of drug-likeness (QED) is 0.431. The van der Waals surface area contributed by atoms with E-state index in [1.54, 1.807) is 12.1 Å². The van der Waals surface area contributed by atoms with Crippen molar-refractivity contribution in [3.8, 4) is 11.1 Å².